The third kappa shape index (κ3) is 2.63. The van der Waals surface area contributed by atoms with Crippen molar-refractivity contribution in [2.75, 3.05) is 5.32 Å². The van der Waals surface area contributed by atoms with Crippen molar-refractivity contribution in [1.29, 1.82) is 0 Å². The first kappa shape index (κ1) is 12.0. The van der Waals surface area contributed by atoms with Gasteiger partial charge in [0.05, 0.1) is 17.4 Å². The van der Waals surface area contributed by atoms with Gasteiger partial charge in [-0.1, -0.05) is 6.07 Å². The molecule has 5 heteroatoms. The van der Waals surface area contributed by atoms with Crippen LogP contribution in [-0.2, 0) is 0 Å². The Morgan fingerprint density at radius 3 is 2.78 bits per heavy atom. The second-order valence-corrected chi connectivity index (χ2v) is 3.87. The number of aromatic hydroxyl groups is 1. The van der Waals surface area contributed by atoms with Gasteiger partial charge >= 0.3 is 0 Å². The minimum Gasteiger partial charge on any atom is -0.506 e. The Morgan fingerprint density at radius 2 is 2.11 bits per heavy atom. The van der Waals surface area contributed by atoms with E-state index in [4.69, 9.17) is 0 Å². The molecule has 0 radical (unpaired) electrons. The number of anilines is 1. The van der Waals surface area contributed by atoms with Crippen molar-refractivity contribution < 1.29 is 14.3 Å². The molecule has 1 aromatic heterocycles. The van der Waals surface area contributed by atoms with Crippen LogP contribution in [0.2, 0.25) is 0 Å². The van der Waals surface area contributed by atoms with Gasteiger partial charge in [0.2, 0.25) is 0 Å². The lowest BCUT2D eigenvalue weighted by atomic mass is 10.2. The Bertz CT molecular complexity index is 599. The average molecular weight is 246 g/mol. The summed E-state index contributed by atoms with van der Waals surface area (Å²) in [7, 11) is 0. The molecule has 0 bridgehead atoms. The molecule has 18 heavy (non-hydrogen) atoms. The second-order valence-electron chi connectivity index (χ2n) is 3.87. The summed E-state index contributed by atoms with van der Waals surface area (Å²) in [5.74, 6) is -1.15. The molecule has 0 aliphatic carbocycles. The Balaban J connectivity index is 2.21. The zero-order chi connectivity index (χ0) is 13.1. The molecule has 0 aliphatic rings. The number of amides is 1. The van der Waals surface area contributed by atoms with Crippen LogP contribution < -0.4 is 5.32 Å². The van der Waals surface area contributed by atoms with Crippen molar-refractivity contribution in [3.05, 3.63) is 53.6 Å². The Morgan fingerprint density at radius 1 is 1.33 bits per heavy atom. The highest BCUT2D eigenvalue weighted by Gasteiger charge is 2.10. The largest absolute Gasteiger partial charge is 0.506 e. The zero-order valence-electron chi connectivity index (χ0n) is 9.64. The van der Waals surface area contributed by atoms with Crippen LogP contribution in [0, 0.1) is 12.7 Å². The van der Waals surface area contributed by atoms with Crippen LogP contribution in [0.5, 0.6) is 5.75 Å². The van der Waals surface area contributed by atoms with E-state index in [9.17, 15) is 14.3 Å². The van der Waals surface area contributed by atoms with E-state index < -0.39 is 11.7 Å². The average Bonchev–Trinajstić information content (AvgIpc) is 2.32. The number of hydrogen-bond acceptors (Lipinski definition) is 3. The molecule has 0 saturated carbocycles. The van der Waals surface area contributed by atoms with E-state index in [0.29, 0.717) is 0 Å². The molecule has 1 heterocycles. The number of halogens is 1. The maximum atomic E-state index is 13.5. The number of aryl methyl sites for hydroxylation is 1. The predicted octanol–water partition coefficient (Wildman–Crippen LogP) is 2.49. The van der Waals surface area contributed by atoms with Gasteiger partial charge in [0.25, 0.3) is 5.91 Å². The Labute approximate surface area is 103 Å². The Hall–Kier alpha value is -2.43. The van der Waals surface area contributed by atoms with E-state index in [1.165, 1.54) is 30.6 Å². The lowest BCUT2D eigenvalue weighted by molar-refractivity contribution is 0.102. The summed E-state index contributed by atoms with van der Waals surface area (Å²) in [6.07, 6.45) is 2.50. The minimum absolute atomic E-state index is 0.0916. The number of benzene rings is 1. The molecule has 2 aromatic rings. The van der Waals surface area contributed by atoms with Crippen molar-refractivity contribution in [2.45, 2.75) is 6.92 Å². The number of aromatic nitrogens is 1. The molecule has 92 valence electrons. The zero-order valence-corrected chi connectivity index (χ0v) is 9.64. The summed E-state index contributed by atoms with van der Waals surface area (Å²) in [5, 5.41) is 11.6. The van der Waals surface area contributed by atoms with E-state index >= 15 is 0 Å². The summed E-state index contributed by atoms with van der Waals surface area (Å²) in [6.45, 7) is 1.76. The smallest absolute Gasteiger partial charge is 0.257 e. The first-order chi connectivity index (χ1) is 8.56. The van der Waals surface area contributed by atoms with E-state index in [1.54, 1.807) is 13.0 Å². The molecule has 1 amide bonds. The highest BCUT2D eigenvalue weighted by Crippen LogP contribution is 2.17. The van der Waals surface area contributed by atoms with Crippen molar-refractivity contribution in [2.24, 2.45) is 0 Å². The van der Waals surface area contributed by atoms with Gasteiger partial charge in [-0.3, -0.25) is 9.78 Å². The number of nitrogens with zero attached hydrogens (tertiary/aromatic N) is 1. The molecule has 0 spiro atoms. The second kappa shape index (κ2) is 4.83. The van der Waals surface area contributed by atoms with Crippen molar-refractivity contribution in [1.82, 2.24) is 4.98 Å². The molecule has 0 unspecified atom stereocenters. The first-order valence-corrected chi connectivity index (χ1v) is 5.28. The Kier molecular flexibility index (Phi) is 3.23. The van der Waals surface area contributed by atoms with Gasteiger partial charge in [0.1, 0.15) is 11.6 Å². The lowest BCUT2D eigenvalue weighted by Gasteiger charge is -2.07. The summed E-state index contributed by atoms with van der Waals surface area (Å²) < 4.78 is 13.5. The number of hydrogen-bond donors (Lipinski definition) is 2. The molecular weight excluding hydrogens is 235 g/mol. The van der Waals surface area contributed by atoms with Crippen LogP contribution in [0.1, 0.15) is 15.9 Å². The van der Waals surface area contributed by atoms with Gasteiger partial charge in [0, 0.05) is 6.20 Å². The molecule has 0 fully saturated rings. The fourth-order valence-corrected chi connectivity index (χ4v) is 1.47. The SMILES string of the molecule is Cc1ccc(NC(=O)c2cncc(O)c2)c(F)c1. The number of nitrogens with one attached hydrogen (secondary N) is 1. The van der Waals surface area contributed by atoms with E-state index in [0.717, 1.165) is 5.56 Å². The molecule has 4 nitrogen and oxygen atoms in total. The van der Waals surface area contributed by atoms with Crippen LogP contribution in [0.4, 0.5) is 10.1 Å². The normalized spacial score (nSPS) is 10.1. The van der Waals surface area contributed by atoms with Crippen molar-refractivity contribution in [3.63, 3.8) is 0 Å². The van der Waals surface area contributed by atoms with Crippen molar-refractivity contribution in [3.8, 4) is 5.75 Å². The molecule has 1 aromatic carbocycles. The maximum Gasteiger partial charge on any atom is 0.257 e. The van der Waals surface area contributed by atoms with Gasteiger partial charge in [-0.2, -0.15) is 0 Å². The predicted molar refractivity (Wildman–Crippen MR) is 65.0 cm³/mol. The molecule has 2 rings (SSSR count). The van der Waals surface area contributed by atoms with E-state index in [2.05, 4.69) is 10.3 Å². The molecule has 0 atom stereocenters. The van der Waals surface area contributed by atoms with E-state index in [-0.39, 0.29) is 17.0 Å². The molecule has 0 aliphatic heterocycles. The summed E-state index contributed by atoms with van der Waals surface area (Å²) in [5.41, 5.74) is 1.02. The summed E-state index contributed by atoms with van der Waals surface area (Å²) in [4.78, 5) is 15.5. The standard InChI is InChI=1S/C13H11FN2O2/c1-8-2-3-12(11(14)4-8)16-13(18)9-5-10(17)7-15-6-9/h2-7,17H,1H3,(H,16,18). The third-order valence-corrected chi connectivity index (χ3v) is 2.36. The topological polar surface area (TPSA) is 62.2 Å². The van der Waals surface area contributed by atoms with Gasteiger partial charge in [0.15, 0.2) is 0 Å². The third-order valence-electron chi connectivity index (χ3n) is 2.36. The number of pyridine rings is 1. The van der Waals surface area contributed by atoms with Crippen molar-refractivity contribution >= 4 is 11.6 Å². The number of carbonyl (C=O) groups excluding carboxylic acids is 1. The van der Waals surface area contributed by atoms with Crippen LogP contribution in [0.15, 0.2) is 36.7 Å². The van der Waals surface area contributed by atoms with Crippen LogP contribution in [0.3, 0.4) is 0 Å². The minimum atomic E-state index is -0.527. The highest BCUT2D eigenvalue weighted by atomic mass is 19.1. The highest BCUT2D eigenvalue weighted by molar-refractivity contribution is 6.04. The fourth-order valence-electron chi connectivity index (χ4n) is 1.47. The molecular formula is C13H11FN2O2. The van der Waals surface area contributed by atoms with Gasteiger partial charge in [-0.25, -0.2) is 4.39 Å². The summed E-state index contributed by atoms with van der Waals surface area (Å²) >= 11 is 0. The van der Waals surface area contributed by atoms with Crippen LogP contribution >= 0.6 is 0 Å². The number of carbonyl (C=O) groups is 1. The van der Waals surface area contributed by atoms with Crippen LogP contribution in [-0.4, -0.2) is 16.0 Å². The van der Waals surface area contributed by atoms with E-state index in [1.807, 2.05) is 0 Å². The molecule has 2 N–H and O–H groups in total. The van der Waals surface area contributed by atoms with Gasteiger partial charge < -0.3 is 10.4 Å². The fraction of sp³-hybridized carbons (Fsp3) is 0.0769. The first-order valence-electron chi connectivity index (χ1n) is 5.28. The quantitative estimate of drug-likeness (QED) is 0.855. The number of rotatable bonds is 2. The van der Waals surface area contributed by atoms with Gasteiger partial charge in [-0.15, -0.1) is 0 Å². The monoisotopic (exact) mass is 246 g/mol. The maximum absolute atomic E-state index is 13.5. The summed E-state index contributed by atoms with van der Waals surface area (Å²) in [6, 6.07) is 5.77. The van der Waals surface area contributed by atoms with Crippen LogP contribution in [0.25, 0.3) is 0 Å². The lowest BCUT2D eigenvalue weighted by Crippen LogP contribution is -2.13. The van der Waals surface area contributed by atoms with Gasteiger partial charge in [-0.05, 0) is 30.7 Å². The molecule has 0 saturated heterocycles.